The molecular formula is C24H20Cl2F3NO5S. The number of carbonyl (C=O) groups excluding carboxylic acids is 1. The summed E-state index contributed by atoms with van der Waals surface area (Å²) in [5.41, 5.74) is 0.822. The number of hydrogen-bond acceptors (Lipinski definition) is 5. The highest BCUT2D eigenvalue weighted by Gasteiger charge is 2.32. The number of carbonyl (C=O) groups is 1. The van der Waals surface area contributed by atoms with Gasteiger partial charge in [-0.25, -0.2) is 8.42 Å². The molecule has 36 heavy (non-hydrogen) atoms. The number of para-hydroxylation sites is 1. The third kappa shape index (κ3) is 6.91. The molecule has 0 radical (unpaired) electrons. The van der Waals surface area contributed by atoms with E-state index in [1.807, 2.05) is 0 Å². The first-order valence-corrected chi connectivity index (χ1v) is 12.9. The van der Waals surface area contributed by atoms with Crippen LogP contribution in [0.15, 0.2) is 65.6 Å². The zero-order valence-electron chi connectivity index (χ0n) is 18.9. The van der Waals surface area contributed by atoms with Crippen LogP contribution in [0.3, 0.4) is 0 Å². The average Bonchev–Trinajstić information content (AvgIpc) is 2.76. The van der Waals surface area contributed by atoms with Crippen molar-refractivity contribution in [1.29, 1.82) is 0 Å². The Balaban J connectivity index is 1.90. The fraction of sp³-hybridized carbons (Fsp3) is 0.208. The highest BCUT2D eigenvalue weighted by atomic mass is 35.5. The molecule has 0 aromatic heterocycles. The SMILES string of the molecule is COCC(C(=O)Nc1cc(Cl)c(-c2ccccc2OC(F)(F)F)c(Cl)c1)c1ccc(S(C)(=O)=O)cc1. The molecule has 3 aromatic rings. The highest BCUT2D eigenvalue weighted by molar-refractivity contribution is 7.90. The number of benzene rings is 3. The van der Waals surface area contributed by atoms with Crippen molar-refractivity contribution in [2.24, 2.45) is 0 Å². The van der Waals surface area contributed by atoms with E-state index in [1.54, 1.807) is 0 Å². The largest absolute Gasteiger partial charge is 0.573 e. The number of rotatable bonds is 8. The van der Waals surface area contributed by atoms with Gasteiger partial charge in [-0.05, 0) is 35.9 Å². The maximum absolute atomic E-state index is 13.0. The van der Waals surface area contributed by atoms with Crippen molar-refractivity contribution in [3.63, 3.8) is 0 Å². The van der Waals surface area contributed by atoms with E-state index >= 15 is 0 Å². The molecule has 1 N–H and O–H groups in total. The third-order valence-corrected chi connectivity index (χ3v) is 6.78. The molecule has 0 aliphatic heterocycles. The molecule has 6 nitrogen and oxygen atoms in total. The molecule has 0 fully saturated rings. The maximum atomic E-state index is 13.0. The zero-order chi connectivity index (χ0) is 26.7. The summed E-state index contributed by atoms with van der Waals surface area (Å²) >= 11 is 12.7. The Morgan fingerprint density at radius 2 is 1.61 bits per heavy atom. The van der Waals surface area contributed by atoms with Gasteiger partial charge in [0.1, 0.15) is 5.75 Å². The van der Waals surface area contributed by atoms with Crippen LogP contribution in [-0.4, -0.2) is 40.7 Å². The summed E-state index contributed by atoms with van der Waals surface area (Å²) in [6.45, 7) is -0.00818. The van der Waals surface area contributed by atoms with Crippen LogP contribution >= 0.6 is 23.2 Å². The van der Waals surface area contributed by atoms with Crippen molar-refractivity contribution in [1.82, 2.24) is 0 Å². The Labute approximate surface area is 215 Å². The van der Waals surface area contributed by atoms with Gasteiger partial charge in [0.25, 0.3) is 0 Å². The van der Waals surface area contributed by atoms with Crippen molar-refractivity contribution in [2.75, 3.05) is 25.3 Å². The van der Waals surface area contributed by atoms with Crippen LogP contribution in [0.5, 0.6) is 5.75 Å². The summed E-state index contributed by atoms with van der Waals surface area (Å²) < 4.78 is 71.1. The first-order chi connectivity index (χ1) is 16.8. The van der Waals surface area contributed by atoms with E-state index in [-0.39, 0.29) is 38.4 Å². The second-order valence-electron chi connectivity index (χ2n) is 7.70. The predicted molar refractivity (Wildman–Crippen MR) is 131 cm³/mol. The summed E-state index contributed by atoms with van der Waals surface area (Å²) in [5.74, 6) is -1.78. The van der Waals surface area contributed by atoms with E-state index in [9.17, 15) is 26.4 Å². The second kappa shape index (κ2) is 11.1. The first-order valence-electron chi connectivity index (χ1n) is 10.2. The predicted octanol–water partition coefficient (Wildman–Crippen LogP) is 6.33. The number of anilines is 1. The average molecular weight is 562 g/mol. The molecular weight excluding hydrogens is 542 g/mol. The van der Waals surface area contributed by atoms with Gasteiger partial charge >= 0.3 is 6.36 Å². The summed E-state index contributed by atoms with van der Waals surface area (Å²) in [7, 11) is -2.00. The first kappa shape index (κ1) is 27.8. The number of amides is 1. The number of methoxy groups -OCH3 is 1. The molecule has 1 amide bonds. The summed E-state index contributed by atoms with van der Waals surface area (Å²) in [4.78, 5) is 13.1. The van der Waals surface area contributed by atoms with Crippen LogP contribution < -0.4 is 10.1 Å². The molecule has 192 valence electrons. The highest BCUT2D eigenvalue weighted by Crippen LogP contribution is 2.42. The third-order valence-electron chi connectivity index (χ3n) is 5.05. The topological polar surface area (TPSA) is 81.7 Å². The smallest absolute Gasteiger partial charge is 0.405 e. The fourth-order valence-corrected chi connectivity index (χ4v) is 4.78. The molecule has 0 aliphatic carbocycles. The van der Waals surface area contributed by atoms with E-state index in [4.69, 9.17) is 27.9 Å². The Morgan fingerprint density at radius 1 is 1.03 bits per heavy atom. The van der Waals surface area contributed by atoms with Crippen molar-refractivity contribution < 1.29 is 35.9 Å². The van der Waals surface area contributed by atoms with Crippen LogP contribution in [0.25, 0.3) is 11.1 Å². The van der Waals surface area contributed by atoms with Gasteiger partial charge in [-0.1, -0.05) is 53.5 Å². The van der Waals surface area contributed by atoms with Gasteiger partial charge in [-0.15, -0.1) is 13.2 Å². The molecule has 3 rings (SSSR count). The van der Waals surface area contributed by atoms with Crippen molar-refractivity contribution in [3.8, 4) is 16.9 Å². The minimum atomic E-state index is -4.92. The molecule has 12 heteroatoms. The molecule has 0 aliphatic rings. The van der Waals surface area contributed by atoms with E-state index < -0.39 is 33.8 Å². The Morgan fingerprint density at radius 3 is 2.14 bits per heavy atom. The minimum Gasteiger partial charge on any atom is -0.405 e. The quantitative estimate of drug-likeness (QED) is 0.347. The maximum Gasteiger partial charge on any atom is 0.573 e. The summed E-state index contributed by atoms with van der Waals surface area (Å²) in [6, 6.07) is 13.9. The van der Waals surface area contributed by atoms with Crippen LogP contribution in [0.1, 0.15) is 11.5 Å². The van der Waals surface area contributed by atoms with Crippen LogP contribution in [0, 0.1) is 0 Å². The number of hydrogen-bond donors (Lipinski definition) is 1. The van der Waals surface area contributed by atoms with E-state index in [2.05, 4.69) is 10.1 Å². The summed E-state index contributed by atoms with van der Waals surface area (Å²) in [5, 5.41) is 2.63. The molecule has 0 heterocycles. The van der Waals surface area contributed by atoms with E-state index in [0.717, 1.165) is 12.3 Å². The van der Waals surface area contributed by atoms with E-state index in [0.29, 0.717) is 5.56 Å². The Hall–Kier alpha value is -2.79. The van der Waals surface area contributed by atoms with Gasteiger partial charge in [-0.3, -0.25) is 4.79 Å². The number of alkyl halides is 3. The van der Waals surface area contributed by atoms with Gasteiger partial charge in [-0.2, -0.15) is 0 Å². The minimum absolute atomic E-state index is 0.00818. The molecule has 0 spiro atoms. The Kier molecular flexibility index (Phi) is 8.55. The van der Waals surface area contributed by atoms with E-state index in [1.165, 1.54) is 61.7 Å². The molecule has 0 saturated carbocycles. The lowest BCUT2D eigenvalue weighted by molar-refractivity contribution is -0.274. The zero-order valence-corrected chi connectivity index (χ0v) is 21.2. The Bertz CT molecular complexity index is 1340. The fourth-order valence-electron chi connectivity index (χ4n) is 3.46. The molecule has 0 saturated heterocycles. The number of nitrogens with one attached hydrogen (secondary N) is 1. The number of halogens is 5. The molecule has 1 atom stereocenters. The lowest BCUT2D eigenvalue weighted by Crippen LogP contribution is -2.24. The molecule has 1 unspecified atom stereocenters. The lowest BCUT2D eigenvalue weighted by atomic mass is 9.98. The second-order valence-corrected chi connectivity index (χ2v) is 10.5. The van der Waals surface area contributed by atoms with Crippen LogP contribution in [-0.2, 0) is 19.4 Å². The van der Waals surface area contributed by atoms with Crippen molar-refractivity contribution in [3.05, 3.63) is 76.3 Å². The van der Waals surface area contributed by atoms with Crippen LogP contribution in [0.2, 0.25) is 10.0 Å². The molecule has 0 bridgehead atoms. The summed E-state index contributed by atoms with van der Waals surface area (Å²) in [6.07, 6.45) is -3.84. The van der Waals surface area contributed by atoms with Crippen molar-refractivity contribution in [2.45, 2.75) is 17.2 Å². The van der Waals surface area contributed by atoms with Gasteiger partial charge in [0, 0.05) is 30.2 Å². The lowest BCUT2D eigenvalue weighted by Gasteiger charge is -2.19. The van der Waals surface area contributed by atoms with Gasteiger partial charge in [0.2, 0.25) is 5.91 Å². The standard InChI is InChI=1S/C24H20Cl2F3NO5S/c1-34-13-18(14-7-9-16(10-8-14)36(2,32)33)23(31)30-15-11-19(25)22(20(26)12-15)17-5-3-4-6-21(17)35-24(27,28)29/h3-12,18H,13H2,1-2H3,(H,30,31). The normalized spacial score (nSPS) is 12.8. The number of ether oxygens (including phenoxy) is 2. The molecule has 3 aromatic carbocycles. The number of sulfone groups is 1. The van der Waals surface area contributed by atoms with Gasteiger partial charge < -0.3 is 14.8 Å². The monoisotopic (exact) mass is 561 g/mol. The van der Waals surface area contributed by atoms with Gasteiger partial charge in [0.05, 0.1) is 27.5 Å². The van der Waals surface area contributed by atoms with Crippen LogP contribution in [0.4, 0.5) is 18.9 Å². The van der Waals surface area contributed by atoms with Crippen molar-refractivity contribution >= 4 is 44.6 Å². The van der Waals surface area contributed by atoms with Gasteiger partial charge in [0.15, 0.2) is 9.84 Å².